The molecule has 1 aliphatic rings. The lowest BCUT2D eigenvalue weighted by Crippen LogP contribution is -2.24. The minimum Gasteiger partial charge on any atom is -0.496 e. The molecule has 0 fully saturated rings. The molecule has 1 aromatic rings. The first kappa shape index (κ1) is 14.8. The minimum atomic E-state index is 0. The molecule has 0 spiro atoms. The van der Waals surface area contributed by atoms with Gasteiger partial charge in [-0.05, 0) is 36.6 Å². The standard InChI is InChI=1S/C14H20N2O.ClH/c1-9-10(2)13(17-4)6-5-12(9)11(3)14-15-7-8-16-14;/h5-6,11H,7-8H2,1-4H3,(H,15,16);1H. The van der Waals surface area contributed by atoms with Gasteiger partial charge in [-0.1, -0.05) is 13.0 Å². The fourth-order valence-electron chi connectivity index (χ4n) is 2.36. The highest BCUT2D eigenvalue weighted by Gasteiger charge is 2.19. The molecule has 0 amide bonds. The molecule has 0 bridgehead atoms. The van der Waals surface area contributed by atoms with Crippen molar-refractivity contribution < 1.29 is 4.74 Å². The number of nitrogens with zero attached hydrogens (tertiary/aromatic N) is 1. The molecule has 1 N–H and O–H groups in total. The summed E-state index contributed by atoms with van der Waals surface area (Å²) in [7, 11) is 1.72. The Hall–Kier alpha value is -1.22. The fraction of sp³-hybridized carbons (Fsp3) is 0.500. The molecule has 1 unspecified atom stereocenters. The van der Waals surface area contributed by atoms with E-state index in [0.29, 0.717) is 5.92 Å². The Morgan fingerprint density at radius 1 is 1.28 bits per heavy atom. The van der Waals surface area contributed by atoms with Crippen LogP contribution in [0.3, 0.4) is 0 Å². The van der Waals surface area contributed by atoms with E-state index >= 15 is 0 Å². The van der Waals surface area contributed by atoms with Crippen molar-refractivity contribution >= 4 is 18.2 Å². The highest BCUT2D eigenvalue weighted by molar-refractivity contribution is 5.90. The molecular weight excluding hydrogens is 248 g/mol. The van der Waals surface area contributed by atoms with Crippen molar-refractivity contribution in [3.63, 3.8) is 0 Å². The largest absolute Gasteiger partial charge is 0.496 e. The third kappa shape index (κ3) is 2.61. The predicted molar refractivity (Wildman–Crippen MR) is 78.4 cm³/mol. The fourth-order valence-corrected chi connectivity index (χ4v) is 2.36. The lowest BCUT2D eigenvalue weighted by Gasteiger charge is -2.18. The summed E-state index contributed by atoms with van der Waals surface area (Å²) in [5.74, 6) is 2.40. The predicted octanol–water partition coefficient (Wildman–Crippen LogP) is 2.84. The van der Waals surface area contributed by atoms with Crippen LogP contribution >= 0.6 is 12.4 Å². The molecule has 0 radical (unpaired) electrons. The molecular formula is C14H21ClN2O. The van der Waals surface area contributed by atoms with Gasteiger partial charge in [-0.25, -0.2) is 0 Å². The summed E-state index contributed by atoms with van der Waals surface area (Å²) >= 11 is 0. The number of benzene rings is 1. The van der Waals surface area contributed by atoms with E-state index in [4.69, 9.17) is 4.74 Å². The van der Waals surface area contributed by atoms with Crippen LogP contribution in [0.2, 0.25) is 0 Å². The van der Waals surface area contributed by atoms with Crippen molar-refractivity contribution in [1.82, 2.24) is 5.32 Å². The van der Waals surface area contributed by atoms with Gasteiger partial charge < -0.3 is 10.1 Å². The first-order valence-electron chi connectivity index (χ1n) is 6.07. The van der Waals surface area contributed by atoms with Crippen LogP contribution in [-0.4, -0.2) is 26.0 Å². The van der Waals surface area contributed by atoms with Gasteiger partial charge in [0.15, 0.2) is 0 Å². The second-order valence-corrected chi connectivity index (χ2v) is 4.52. The maximum Gasteiger partial charge on any atom is 0.122 e. The molecule has 1 heterocycles. The summed E-state index contributed by atoms with van der Waals surface area (Å²) < 4.78 is 5.34. The van der Waals surface area contributed by atoms with Crippen molar-refractivity contribution in [3.8, 4) is 5.75 Å². The van der Waals surface area contributed by atoms with E-state index in [1.807, 2.05) is 6.07 Å². The molecule has 0 saturated heterocycles. The van der Waals surface area contributed by atoms with Crippen LogP contribution in [0.4, 0.5) is 0 Å². The van der Waals surface area contributed by atoms with Crippen LogP contribution in [0.25, 0.3) is 0 Å². The van der Waals surface area contributed by atoms with Crippen LogP contribution in [-0.2, 0) is 0 Å². The summed E-state index contributed by atoms with van der Waals surface area (Å²) in [4.78, 5) is 4.50. The van der Waals surface area contributed by atoms with Crippen LogP contribution < -0.4 is 10.1 Å². The molecule has 2 rings (SSSR count). The smallest absolute Gasteiger partial charge is 0.122 e. The van der Waals surface area contributed by atoms with Crippen molar-refractivity contribution in [3.05, 3.63) is 28.8 Å². The maximum absolute atomic E-state index is 5.34. The number of hydrogen-bond donors (Lipinski definition) is 1. The van der Waals surface area contributed by atoms with E-state index in [1.165, 1.54) is 16.7 Å². The molecule has 100 valence electrons. The summed E-state index contributed by atoms with van der Waals surface area (Å²) in [5, 5.41) is 3.35. The Morgan fingerprint density at radius 2 is 2.00 bits per heavy atom. The highest BCUT2D eigenvalue weighted by atomic mass is 35.5. The molecule has 1 aromatic carbocycles. The third-order valence-electron chi connectivity index (χ3n) is 3.58. The number of amidine groups is 1. The molecule has 1 atom stereocenters. The Bertz CT molecular complexity index is 457. The zero-order valence-electron chi connectivity index (χ0n) is 11.4. The van der Waals surface area contributed by atoms with Crippen LogP contribution in [0.1, 0.15) is 29.5 Å². The lowest BCUT2D eigenvalue weighted by atomic mass is 9.92. The summed E-state index contributed by atoms with van der Waals surface area (Å²) in [5.41, 5.74) is 3.85. The van der Waals surface area contributed by atoms with Gasteiger partial charge in [-0.15, -0.1) is 12.4 Å². The second-order valence-electron chi connectivity index (χ2n) is 4.52. The van der Waals surface area contributed by atoms with E-state index in [9.17, 15) is 0 Å². The number of nitrogens with one attached hydrogen (secondary N) is 1. The summed E-state index contributed by atoms with van der Waals surface area (Å²) in [6, 6.07) is 4.19. The highest BCUT2D eigenvalue weighted by Crippen LogP contribution is 2.29. The number of rotatable bonds is 3. The number of ether oxygens (including phenoxy) is 1. The summed E-state index contributed by atoms with van der Waals surface area (Å²) in [6.45, 7) is 8.32. The average molecular weight is 269 g/mol. The third-order valence-corrected chi connectivity index (χ3v) is 3.58. The molecule has 1 aliphatic heterocycles. The Kier molecular flexibility index (Phi) is 5.03. The van der Waals surface area contributed by atoms with Gasteiger partial charge in [0, 0.05) is 12.5 Å². The topological polar surface area (TPSA) is 33.6 Å². The maximum atomic E-state index is 5.34. The zero-order chi connectivity index (χ0) is 12.4. The number of methoxy groups -OCH3 is 1. The van der Waals surface area contributed by atoms with E-state index < -0.39 is 0 Å². The molecule has 18 heavy (non-hydrogen) atoms. The average Bonchev–Trinajstić information content (AvgIpc) is 2.85. The normalized spacial score (nSPS) is 15.4. The van der Waals surface area contributed by atoms with Gasteiger partial charge >= 0.3 is 0 Å². The van der Waals surface area contributed by atoms with Crippen LogP contribution in [0.15, 0.2) is 17.1 Å². The van der Waals surface area contributed by atoms with Gasteiger partial charge in [0.1, 0.15) is 11.6 Å². The SMILES string of the molecule is COc1ccc(C(C)C2=NCCN2)c(C)c1C.Cl. The van der Waals surface area contributed by atoms with Crippen molar-refractivity contribution in [2.45, 2.75) is 26.7 Å². The second kappa shape index (κ2) is 6.10. The van der Waals surface area contributed by atoms with E-state index in [-0.39, 0.29) is 12.4 Å². The van der Waals surface area contributed by atoms with Crippen molar-refractivity contribution in [2.75, 3.05) is 20.2 Å². The molecule has 0 aromatic heterocycles. The molecule has 3 nitrogen and oxygen atoms in total. The Morgan fingerprint density at radius 3 is 2.56 bits per heavy atom. The lowest BCUT2D eigenvalue weighted by molar-refractivity contribution is 0.411. The Labute approximate surface area is 115 Å². The van der Waals surface area contributed by atoms with E-state index in [0.717, 1.165) is 24.7 Å². The van der Waals surface area contributed by atoms with Gasteiger partial charge in [-0.2, -0.15) is 0 Å². The van der Waals surface area contributed by atoms with Crippen LogP contribution in [0, 0.1) is 13.8 Å². The number of hydrogen-bond acceptors (Lipinski definition) is 3. The van der Waals surface area contributed by atoms with Crippen molar-refractivity contribution in [2.24, 2.45) is 4.99 Å². The van der Waals surface area contributed by atoms with Gasteiger partial charge in [0.05, 0.1) is 13.7 Å². The zero-order valence-corrected chi connectivity index (χ0v) is 12.2. The first-order chi connectivity index (χ1) is 8.15. The van der Waals surface area contributed by atoms with Gasteiger partial charge in [0.2, 0.25) is 0 Å². The molecule has 0 aliphatic carbocycles. The van der Waals surface area contributed by atoms with Gasteiger partial charge in [-0.3, -0.25) is 4.99 Å². The Balaban J connectivity index is 0.00000162. The number of halogens is 1. The summed E-state index contributed by atoms with van der Waals surface area (Å²) in [6.07, 6.45) is 0. The van der Waals surface area contributed by atoms with E-state index in [1.54, 1.807) is 7.11 Å². The van der Waals surface area contributed by atoms with Gasteiger partial charge in [0.25, 0.3) is 0 Å². The van der Waals surface area contributed by atoms with Crippen molar-refractivity contribution in [1.29, 1.82) is 0 Å². The number of aliphatic imine (C=N–C) groups is 1. The molecule has 0 saturated carbocycles. The van der Waals surface area contributed by atoms with E-state index in [2.05, 4.69) is 37.1 Å². The van der Waals surface area contributed by atoms with Crippen LogP contribution in [0.5, 0.6) is 5.75 Å². The monoisotopic (exact) mass is 268 g/mol. The minimum absolute atomic E-state index is 0. The molecule has 4 heteroatoms. The first-order valence-corrected chi connectivity index (χ1v) is 6.07. The quantitative estimate of drug-likeness (QED) is 0.915.